The molecule has 0 saturated carbocycles. The number of ether oxygens (including phenoxy) is 1. The minimum absolute atomic E-state index is 0.0612. The van der Waals surface area contributed by atoms with Crippen LogP contribution in [0.25, 0.3) is 22.1 Å². The van der Waals surface area contributed by atoms with Gasteiger partial charge in [0, 0.05) is 12.4 Å². The lowest BCUT2D eigenvalue weighted by Gasteiger charge is -2.27. The molecule has 96 valence electrons. The number of rotatable bonds is 1. The Morgan fingerprint density at radius 3 is 2.79 bits per heavy atom. The fraction of sp³-hybridized carbons (Fsp3) is 0.308. The van der Waals surface area contributed by atoms with Gasteiger partial charge in [0.05, 0.1) is 24.8 Å². The molecular formula is C13H12N4O2. The number of imidazole rings is 1. The predicted molar refractivity (Wildman–Crippen MR) is 70.1 cm³/mol. The molecule has 6 heteroatoms. The molecule has 1 fully saturated rings. The van der Waals surface area contributed by atoms with Gasteiger partial charge in [0.25, 0.3) is 0 Å². The zero-order chi connectivity index (χ0) is 13.0. The number of aromatic nitrogens is 4. The van der Waals surface area contributed by atoms with Crippen molar-refractivity contribution >= 4 is 22.1 Å². The Morgan fingerprint density at radius 2 is 2.05 bits per heavy atom. The second-order valence-corrected chi connectivity index (χ2v) is 4.79. The summed E-state index contributed by atoms with van der Waals surface area (Å²) in [4.78, 5) is 12.4. The molecule has 1 saturated heterocycles. The Hall–Kier alpha value is -2.21. The van der Waals surface area contributed by atoms with E-state index >= 15 is 0 Å². The molecule has 6 nitrogen and oxygen atoms in total. The minimum atomic E-state index is -0.0612. The van der Waals surface area contributed by atoms with Crippen molar-refractivity contribution in [1.29, 1.82) is 0 Å². The van der Waals surface area contributed by atoms with Crippen molar-refractivity contribution in [2.24, 2.45) is 7.05 Å². The third-order valence-electron chi connectivity index (χ3n) is 3.66. The average Bonchev–Trinajstić information content (AvgIpc) is 2.63. The molecule has 4 rings (SSSR count). The van der Waals surface area contributed by atoms with Gasteiger partial charge in [-0.2, -0.15) is 0 Å². The Bertz CT molecular complexity index is 845. The molecule has 2 aromatic heterocycles. The zero-order valence-corrected chi connectivity index (χ0v) is 10.4. The first kappa shape index (κ1) is 10.7. The van der Waals surface area contributed by atoms with E-state index in [1.54, 1.807) is 16.2 Å². The first-order valence-corrected chi connectivity index (χ1v) is 6.17. The quantitative estimate of drug-likeness (QED) is 0.647. The van der Waals surface area contributed by atoms with E-state index in [0.29, 0.717) is 18.9 Å². The van der Waals surface area contributed by atoms with Gasteiger partial charge in [0.1, 0.15) is 5.52 Å². The number of nitrogens with zero attached hydrogens (tertiary/aromatic N) is 4. The maximum Gasteiger partial charge on any atom is 0.330 e. The van der Waals surface area contributed by atoms with Gasteiger partial charge in [-0.3, -0.25) is 9.13 Å². The summed E-state index contributed by atoms with van der Waals surface area (Å²) in [6.45, 7) is 1.16. The third kappa shape index (κ3) is 1.31. The standard InChI is InChI=1S/C13H12N4O2/c1-16-12-11(17(13(16)18)8-6-19-7-8)9-4-2-3-5-10(9)14-15-12/h2-5,8H,6-7H2,1H3. The van der Waals surface area contributed by atoms with Crippen molar-refractivity contribution in [2.45, 2.75) is 6.04 Å². The molecular weight excluding hydrogens is 244 g/mol. The third-order valence-corrected chi connectivity index (χ3v) is 3.66. The van der Waals surface area contributed by atoms with Crippen LogP contribution in [0.1, 0.15) is 6.04 Å². The molecule has 1 aliphatic rings. The lowest BCUT2D eigenvalue weighted by Crippen LogP contribution is -2.37. The van der Waals surface area contributed by atoms with Crippen molar-refractivity contribution in [1.82, 2.24) is 19.3 Å². The molecule has 0 aliphatic carbocycles. The van der Waals surface area contributed by atoms with Crippen LogP contribution in [-0.2, 0) is 11.8 Å². The molecule has 0 atom stereocenters. The largest absolute Gasteiger partial charge is 0.377 e. The van der Waals surface area contributed by atoms with Crippen LogP contribution in [0.15, 0.2) is 29.1 Å². The normalized spacial score (nSPS) is 16.1. The monoisotopic (exact) mass is 256 g/mol. The van der Waals surface area contributed by atoms with Gasteiger partial charge in [0.2, 0.25) is 0 Å². The van der Waals surface area contributed by atoms with E-state index in [1.807, 2.05) is 24.3 Å². The molecule has 0 radical (unpaired) electrons. The number of hydrogen-bond acceptors (Lipinski definition) is 4. The summed E-state index contributed by atoms with van der Waals surface area (Å²) in [5.74, 6) is 0. The summed E-state index contributed by atoms with van der Waals surface area (Å²) in [5, 5.41) is 9.31. The van der Waals surface area contributed by atoms with E-state index in [1.165, 1.54) is 0 Å². The first-order chi connectivity index (χ1) is 9.27. The van der Waals surface area contributed by atoms with Crippen LogP contribution in [0, 0.1) is 0 Å². The van der Waals surface area contributed by atoms with Crippen LogP contribution in [0.2, 0.25) is 0 Å². The van der Waals surface area contributed by atoms with Gasteiger partial charge in [-0.05, 0) is 6.07 Å². The van der Waals surface area contributed by atoms with E-state index in [2.05, 4.69) is 10.2 Å². The van der Waals surface area contributed by atoms with E-state index in [0.717, 1.165) is 16.4 Å². The summed E-state index contributed by atoms with van der Waals surface area (Å²) in [5.41, 5.74) is 2.21. The molecule has 0 amide bonds. The highest BCUT2D eigenvalue weighted by atomic mass is 16.5. The van der Waals surface area contributed by atoms with Crippen LogP contribution >= 0.6 is 0 Å². The summed E-state index contributed by atoms with van der Waals surface area (Å²) < 4.78 is 8.55. The molecule has 0 spiro atoms. The lowest BCUT2D eigenvalue weighted by molar-refractivity contribution is -0.0230. The zero-order valence-electron chi connectivity index (χ0n) is 10.4. The average molecular weight is 256 g/mol. The summed E-state index contributed by atoms with van der Waals surface area (Å²) >= 11 is 0. The van der Waals surface area contributed by atoms with Crippen LogP contribution < -0.4 is 5.69 Å². The van der Waals surface area contributed by atoms with Gasteiger partial charge in [-0.1, -0.05) is 18.2 Å². The number of fused-ring (bicyclic) bond motifs is 3. The van der Waals surface area contributed by atoms with Crippen LogP contribution in [0.3, 0.4) is 0 Å². The first-order valence-electron chi connectivity index (χ1n) is 6.17. The van der Waals surface area contributed by atoms with E-state index in [9.17, 15) is 4.79 Å². The number of hydrogen-bond donors (Lipinski definition) is 0. The van der Waals surface area contributed by atoms with Crippen LogP contribution in [0.4, 0.5) is 0 Å². The maximum absolute atomic E-state index is 12.4. The van der Waals surface area contributed by atoms with E-state index in [-0.39, 0.29) is 11.7 Å². The van der Waals surface area contributed by atoms with E-state index < -0.39 is 0 Å². The molecule has 0 N–H and O–H groups in total. The summed E-state index contributed by atoms with van der Waals surface area (Å²) in [6.07, 6.45) is 0. The van der Waals surface area contributed by atoms with Crippen LogP contribution in [-0.4, -0.2) is 32.5 Å². The molecule has 3 aromatic rings. The molecule has 19 heavy (non-hydrogen) atoms. The highest BCUT2D eigenvalue weighted by Crippen LogP contribution is 2.26. The highest BCUT2D eigenvalue weighted by Gasteiger charge is 2.27. The minimum Gasteiger partial charge on any atom is -0.377 e. The predicted octanol–water partition coefficient (Wildman–Crippen LogP) is 0.854. The fourth-order valence-electron chi connectivity index (χ4n) is 2.55. The molecule has 1 aromatic carbocycles. The Kier molecular flexibility index (Phi) is 2.05. The van der Waals surface area contributed by atoms with Crippen molar-refractivity contribution < 1.29 is 4.74 Å². The van der Waals surface area contributed by atoms with Crippen molar-refractivity contribution in [2.75, 3.05) is 13.2 Å². The number of aryl methyl sites for hydroxylation is 1. The van der Waals surface area contributed by atoms with Gasteiger partial charge in [-0.15, -0.1) is 10.2 Å². The molecule has 3 heterocycles. The summed E-state index contributed by atoms with van der Waals surface area (Å²) in [7, 11) is 1.73. The van der Waals surface area contributed by atoms with Gasteiger partial charge < -0.3 is 4.74 Å². The molecule has 1 aliphatic heterocycles. The topological polar surface area (TPSA) is 61.9 Å². The lowest BCUT2D eigenvalue weighted by atomic mass is 10.2. The van der Waals surface area contributed by atoms with Crippen molar-refractivity contribution in [3.05, 3.63) is 34.7 Å². The van der Waals surface area contributed by atoms with Gasteiger partial charge >= 0.3 is 5.69 Å². The van der Waals surface area contributed by atoms with Gasteiger partial charge in [0.15, 0.2) is 5.65 Å². The van der Waals surface area contributed by atoms with Crippen molar-refractivity contribution in [3.63, 3.8) is 0 Å². The highest BCUT2D eigenvalue weighted by molar-refractivity contribution is 6.00. The Morgan fingerprint density at radius 1 is 1.26 bits per heavy atom. The molecule has 0 bridgehead atoms. The fourth-order valence-corrected chi connectivity index (χ4v) is 2.55. The summed E-state index contributed by atoms with van der Waals surface area (Å²) in [6, 6.07) is 7.84. The van der Waals surface area contributed by atoms with Crippen molar-refractivity contribution in [3.8, 4) is 0 Å². The Balaban J connectivity index is 2.22. The second kappa shape index (κ2) is 3.64. The second-order valence-electron chi connectivity index (χ2n) is 4.79. The number of benzene rings is 1. The SMILES string of the molecule is Cn1c(=O)n(C2COC2)c2c3ccccc3nnc21. The maximum atomic E-state index is 12.4. The Labute approximate surface area is 108 Å². The van der Waals surface area contributed by atoms with E-state index in [4.69, 9.17) is 4.74 Å². The smallest absolute Gasteiger partial charge is 0.330 e. The van der Waals surface area contributed by atoms with Gasteiger partial charge in [-0.25, -0.2) is 4.79 Å². The molecule has 0 unspecified atom stereocenters. The van der Waals surface area contributed by atoms with Crippen LogP contribution in [0.5, 0.6) is 0 Å².